The zero-order valence-corrected chi connectivity index (χ0v) is 20.4. The van der Waals surface area contributed by atoms with Gasteiger partial charge in [-0.25, -0.2) is 13.4 Å². The van der Waals surface area contributed by atoms with Crippen LogP contribution in [0.3, 0.4) is 0 Å². The molecule has 2 heterocycles. The predicted molar refractivity (Wildman–Crippen MR) is 129 cm³/mol. The highest BCUT2D eigenvalue weighted by atomic mass is 32.2. The molecule has 4 rings (SSSR count). The normalized spacial score (nSPS) is 19.4. The first-order valence-electron chi connectivity index (χ1n) is 10.8. The zero-order chi connectivity index (χ0) is 23.6. The largest absolute Gasteiger partial charge is 0.373 e. The van der Waals surface area contributed by atoms with E-state index in [-0.39, 0.29) is 23.0 Å². The van der Waals surface area contributed by atoms with Crippen molar-refractivity contribution < 1.29 is 17.9 Å². The van der Waals surface area contributed by atoms with Gasteiger partial charge in [-0.3, -0.25) is 4.79 Å². The van der Waals surface area contributed by atoms with Gasteiger partial charge < -0.3 is 10.1 Å². The van der Waals surface area contributed by atoms with Gasteiger partial charge in [-0.15, -0.1) is 11.3 Å². The Kier molecular flexibility index (Phi) is 6.94. The SMILES string of the molecule is Cc1nc(-c2ccc(CNC(=O)c3cccc(S(=O)(=O)N4CC(C)OC(C)C4)c3)cc2)cs1. The molecule has 9 heteroatoms. The third-order valence-electron chi connectivity index (χ3n) is 5.44. The molecule has 1 aliphatic rings. The molecular formula is C24H27N3O4S2. The van der Waals surface area contributed by atoms with Crippen LogP contribution in [0.15, 0.2) is 58.8 Å². The van der Waals surface area contributed by atoms with Crippen LogP contribution in [-0.4, -0.2) is 48.9 Å². The van der Waals surface area contributed by atoms with Crippen LogP contribution < -0.4 is 5.32 Å². The fraction of sp³-hybridized carbons (Fsp3) is 0.333. The van der Waals surface area contributed by atoms with Gasteiger partial charge in [-0.2, -0.15) is 4.31 Å². The van der Waals surface area contributed by atoms with Gasteiger partial charge in [0.1, 0.15) is 0 Å². The van der Waals surface area contributed by atoms with E-state index in [2.05, 4.69) is 10.3 Å². The molecule has 2 unspecified atom stereocenters. The van der Waals surface area contributed by atoms with Crippen molar-refractivity contribution in [3.8, 4) is 11.3 Å². The van der Waals surface area contributed by atoms with Gasteiger partial charge in [0.15, 0.2) is 0 Å². The number of carbonyl (C=O) groups excluding carboxylic acids is 1. The van der Waals surface area contributed by atoms with Crippen molar-refractivity contribution in [2.24, 2.45) is 0 Å². The molecule has 1 amide bonds. The van der Waals surface area contributed by atoms with Gasteiger partial charge in [0, 0.05) is 36.1 Å². The van der Waals surface area contributed by atoms with Crippen molar-refractivity contribution in [3.05, 3.63) is 70.0 Å². The second-order valence-corrected chi connectivity index (χ2v) is 11.2. The number of aryl methyl sites for hydroxylation is 1. The van der Waals surface area contributed by atoms with E-state index in [1.54, 1.807) is 23.5 Å². The van der Waals surface area contributed by atoms with E-state index in [0.717, 1.165) is 21.8 Å². The smallest absolute Gasteiger partial charge is 0.251 e. The lowest BCUT2D eigenvalue weighted by Crippen LogP contribution is -2.48. The summed E-state index contributed by atoms with van der Waals surface area (Å²) in [5.41, 5.74) is 3.22. The number of amides is 1. The summed E-state index contributed by atoms with van der Waals surface area (Å²) < 4.78 is 33.3. The summed E-state index contributed by atoms with van der Waals surface area (Å²) in [6.45, 7) is 6.60. The molecule has 1 aromatic heterocycles. The van der Waals surface area contributed by atoms with Crippen LogP contribution in [-0.2, 0) is 21.3 Å². The third-order valence-corrected chi connectivity index (χ3v) is 8.04. The van der Waals surface area contributed by atoms with Crippen molar-refractivity contribution in [3.63, 3.8) is 0 Å². The Hall–Kier alpha value is -2.59. The van der Waals surface area contributed by atoms with Gasteiger partial charge >= 0.3 is 0 Å². The topological polar surface area (TPSA) is 88.6 Å². The van der Waals surface area contributed by atoms with Crippen molar-refractivity contribution in [2.75, 3.05) is 13.1 Å². The fourth-order valence-corrected chi connectivity index (χ4v) is 6.11. The summed E-state index contributed by atoms with van der Waals surface area (Å²) >= 11 is 1.61. The molecule has 1 N–H and O–H groups in total. The number of ether oxygens (including phenoxy) is 1. The van der Waals surface area contributed by atoms with Crippen LogP contribution >= 0.6 is 11.3 Å². The van der Waals surface area contributed by atoms with Gasteiger partial charge in [0.05, 0.1) is 27.8 Å². The highest BCUT2D eigenvalue weighted by Gasteiger charge is 2.32. The number of hydrogen-bond acceptors (Lipinski definition) is 6. The number of morpholine rings is 1. The molecule has 0 radical (unpaired) electrons. The maximum Gasteiger partial charge on any atom is 0.251 e. The molecule has 1 aliphatic heterocycles. The maximum absolute atomic E-state index is 13.1. The van der Waals surface area contributed by atoms with E-state index < -0.39 is 10.0 Å². The molecule has 7 nitrogen and oxygen atoms in total. The Bertz CT molecular complexity index is 1230. The second-order valence-electron chi connectivity index (χ2n) is 8.24. The summed E-state index contributed by atoms with van der Waals surface area (Å²) in [6, 6.07) is 14.0. The molecule has 0 spiro atoms. The second kappa shape index (κ2) is 9.72. The highest BCUT2D eigenvalue weighted by molar-refractivity contribution is 7.89. The molecule has 33 heavy (non-hydrogen) atoms. The van der Waals surface area contributed by atoms with E-state index in [0.29, 0.717) is 25.2 Å². The Balaban J connectivity index is 1.42. The maximum atomic E-state index is 13.1. The number of nitrogens with zero attached hydrogens (tertiary/aromatic N) is 2. The van der Waals surface area contributed by atoms with Crippen LogP contribution in [0.1, 0.15) is 34.8 Å². The molecule has 0 aliphatic carbocycles. The van der Waals surface area contributed by atoms with Crippen molar-refractivity contribution in [1.29, 1.82) is 0 Å². The standard InChI is InChI=1S/C24H27N3O4S2/c1-16-13-27(14-17(2)31-16)33(29,30)22-6-4-5-21(11-22)24(28)25-12-19-7-9-20(10-8-19)23-15-32-18(3)26-23/h4-11,15-17H,12-14H2,1-3H3,(H,25,28). The van der Waals surface area contributed by atoms with Crippen LogP contribution in [0, 0.1) is 6.92 Å². The van der Waals surface area contributed by atoms with Crippen LogP contribution in [0.25, 0.3) is 11.3 Å². The van der Waals surface area contributed by atoms with E-state index in [1.165, 1.54) is 16.4 Å². The van der Waals surface area contributed by atoms with Crippen LogP contribution in [0.2, 0.25) is 0 Å². The van der Waals surface area contributed by atoms with E-state index in [1.807, 2.05) is 50.4 Å². The fourth-order valence-electron chi connectivity index (χ4n) is 3.85. The zero-order valence-electron chi connectivity index (χ0n) is 18.8. The van der Waals surface area contributed by atoms with Crippen molar-refractivity contribution >= 4 is 27.3 Å². The Morgan fingerprint density at radius 1 is 1.15 bits per heavy atom. The van der Waals surface area contributed by atoms with Gasteiger partial charge in [0.2, 0.25) is 10.0 Å². The first-order valence-corrected chi connectivity index (χ1v) is 13.1. The molecule has 0 bridgehead atoms. The number of carbonyl (C=O) groups is 1. The third kappa shape index (κ3) is 5.50. The Morgan fingerprint density at radius 3 is 2.48 bits per heavy atom. The summed E-state index contributed by atoms with van der Waals surface area (Å²) in [5.74, 6) is -0.324. The minimum Gasteiger partial charge on any atom is -0.373 e. The molecule has 1 fully saturated rings. The predicted octanol–water partition coefficient (Wildman–Crippen LogP) is 3.85. The highest BCUT2D eigenvalue weighted by Crippen LogP contribution is 2.23. The number of aromatic nitrogens is 1. The number of thiazole rings is 1. The average molecular weight is 486 g/mol. The van der Waals surface area contributed by atoms with Crippen LogP contribution in [0.4, 0.5) is 0 Å². The minimum atomic E-state index is -3.71. The summed E-state index contributed by atoms with van der Waals surface area (Å²) in [7, 11) is -3.71. The number of benzene rings is 2. The molecule has 174 valence electrons. The number of sulfonamides is 1. The molecule has 2 aromatic carbocycles. The van der Waals surface area contributed by atoms with Crippen molar-refractivity contribution in [1.82, 2.24) is 14.6 Å². The average Bonchev–Trinajstić information content (AvgIpc) is 3.23. The Labute approximate surface area is 198 Å². The van der Waals surface area contributed by atoms with Gasteiger partial charge in [-0.1, -0.05) is 30.3 Å². The molecular weight excluding hydrogens is 458 g/mol. The quantitative estimate of drug-likeness (QED) is 0.573. The van der Waals surface area contributed by atoms with E-state index in [4.69, 9.17) is 4.74 Å². The first-order chi connectivity index (χ1) is 15.7. The number of rotatable bonds is 6. The lowest BCUT2D eigenvalue weighted by molar-refractivity contribution is -0.0440. The van der Waals surface area contributed by atoms with E-state index in [9.17, 15) is 13.2 Å². The first kappa shape index (κ1) is 23.6. The van der Waals surface area contributed by atoms with E-state index >= 15 is 0 Å². The lowest BCUT2D eigenvalue weighted by Gasteiger charge is -2.34. The van der Waals surface area contributed by atoms with Crippen LogP contribution in [0.5, 0.6) is 0 Å². The summed E-state index contributed by atoms with van der Waals surface area (Å²) in [5, 5.41) is 5.91. The number of nitrogens with one attached hydrogen (secondary N) is 1. The molecule has 3 aromatic rings. The van der Waals surface area contributed by atoms with Gasteiger partial charge in [0.25, 0.3) is 5.91 Å². The Morgan fingerprint density at radius 2 is 1.85 bits per heavy atom. The summed E-state index contributed by atoms with van der Waals surface area (Å²) in [4.78, 5) is 17.3. The molecule has 0 saturated carbocycles. The van der Waals surface area contributed by atoms with Gasteiger partial charge in [-0.05, 0) is 44.5 Å². The summed E-state index contributed by atoms with van der Waals surface area (Å²) in [6.07, 6.45) is -0.359. The molecule has 1 saturated heterocycles. The monoisotopic (exact) mass is 485 g/mol. The lowest BCUT2D eigenvalue weighted by atomic mass is 10.1. The number of hydrogen-bond donors (Lipinski definition) is 1. The minimum absolute atomic E-state index is 0.111. The van der Waals surface area contributed by atoms with Crippen molar-refractivity contribution in [2.45, 2.75) is 44.4 Å². The molecule has 2 atom stereocenters.